The third kappa shape index (κ3) is 2.75. The van der Waals surface area contributed by atoms with Crippen LogP contribution in [0.3, 0.4) is 0 Å². The molecule has 1 fully saturated rings. The Hall–Kier alpha value is -0.740. The number of hydrogen-bond donors (Lipinski definition) is 1. The van der Waals surface area contributed by atoms with E-state index in [0.717, 1.165) is 23.6 Å². The summed E-state index contributed by atoms with van der Waals surface area (Å²) in [5, 5.41) is 0. The summed E-state index contributed by atoms with van der Waals surface area (Å²) in [6, 6.07) is 5.63. The first kappa shape index (κ1) is 12.7. The van der Waals surface area contributed by atoms with Gasteiger partial charge in [0.25, 0.3) is 0 Å². The largest absolute Gasteiger partial charge is 0.365 e. The SMILES string of the molecule is CC1CSCCN1c1ccc([C@H](C)N)cc1F. The molecule has 0 saturated carbocycles. The summed E-state index contributed by atoms with van der Waals surface area (Å²) in [4.78, 5) is 2.15. The molecule has 0 bridgehead atoms. The molecule has 0 aliphatic carbocycles. The van der Waals surface area contributed by atoms with Crippen LogP contribution in [0, 0.1) is 5.82 Å². The van der Waals surface area contributed by atoms with Crippen molar-refractivity contribution >= 4 is 17.4 Å². The Kier molecular flexibility index (Phi) is 3.94. The van der Waals surface area contributed by atoms with Gasteiger partial charge in [0.15, 0.2) is 0 Å². The molecule has 17 heavy (non-hydrogen) atoms. The summed E-state index contributed by atoms with van der Waals surface area (Å²) in [7, 11) is 0. The normalized spacial score (nSPS) is 22.6. The van der Waals surface area contributed by atoms with E-state index in [1.165, 1.54) is 0 Å². The van der Waals surface area contributed by atoms with E-state index in [0.29, 0.717) is 11.7 Å². The standard InChI is InChI=1S/C13H19FN2S/c1-9-8-17-6-5-16(9)13-4-3-11(10(2)15)7-12(13)14/h3-4,7,9-10H,5-6,8,15H2,1-2H3/t9?,10-/m0/s1. The molecule has 1 saturated heterocycles. The third-order valence-corrected chi connectivity index (χ3v) is 4.36. The van der Waals surface area contributed by atoms with Crippen LogP contribution in [0.15, 0.2) is 18.2 Å². The zero-order valence-corrected chi connectivity index (χ0v) is 11.1. The maximum absolute atomic E-state index is 14.1. The molecule has 2 atom stereocenters. The molecular formula is C13H19FN2S. The van der Waals surface area contributed by atoms with Gasteiger partial charge in [-0.05, 0) is 31.5 Å². The Morgan fingerprint density at radius 3 is 2.88 bits per heavy atom. The van der Waals surface area contributed by atoms with Crippen molar-refractivity contribution in [3.8, 4) is 0 Å². The molecule has 1 aliphatic rings. The molecule has 1 aromatic carbocycles. The van der Waals surface area contributed by atoms with Gasteiger partial charge in [0.1, 0.15) is 5.82 Å². The molecule has 2 rings (SSSR count). The number of benzene rings is 1. The average molecular weight is 254 g/mol. The first-order valence-corrected chi connectivity index (χ1v) is 7.14. The lowest BCUT2D eigenvalue weighted by atomic mass is 10.1. The lowest BCUT2D eigenvalue weighted by Crippen LogP contribution is -2.40. The molecule has 0 radical (unpaired) electrons. The van der Waals surface area contributed by atoms with Crippen molar-refractivity contribution in [2.24, 2.45) is 5.73 Å². The van der Waals surface area contributed by atoms with E-state index < -0.39 is 0 Å². The monoisotopic (exact) mass is 254 g/mol. The van der Waals surface area contributed by atoms with Crippen molar-refractivity contribution in [1.82, 2.24) is 0 Å². The van der Waals surface area contributed by atoms with Crippen molar-refractivity contribution in [3.05, 3.63) is 29.6 Å². The highest BCUT2D eigenvalue weighted by Crippen LogP contribution is 2.28. The fourth-order valence-corrected chi connectivity index (χ4v) is 3.14. The second-order valence-electron chi connectivity index (χ2n) is 4.62. The Morgan fingerprint density at radius 2 is 2.29 bits per heavy atom. The Morgan fingerprint density at radius 1 is 1.53 bits per heavy atom. The van der Waals surface area contributed by atoms with Crippen LogP contribution in [0.5, 0.6) is 0 Å². The molecule has 1 aliphatic heterocycles. The zero-order chi connectivity index (χ0) is 12.4. The lowest BCUT2D eigenvalue weighted by molar-refractivity contribution is 0.599. The van der Waals surface area contributed by atoms with Crippen LogP contribution < -0.4 is 10.6 Å². The predicted molar refractivity (Wildman–Crippen MR) is 73.1 cm³/mol. The Bertz CT molecular complexity index is 395. The molecule has 1 unspecified atom stereocenters. The third-order valence-electron chi connectivity index (χ3n) is 3.17. The molecule has 1 aromatic rings. The van der Waals surface area contributed by atoms with Gasteiger partial charge in [0, 0.05) is 30.1 Å². The van der Waals surface area contributed by atoms with Crippen molar-refractivity contribution < 1.29 is 4.39 Å². The minimum atomic E-state index is -0.154. The van der Waals surface area contributed by atoms with E-state index in [9.17, 15) is 4.39 Å². The van der Waals surface area contributed by atoms with Gasteiger partial charge in [-0.2, -0.15) is 11.8 Å². The second kappa shape index (κ2) is 5.27. The van der Waals surface area contributed by atoms with Crippen LogP contribution in [0.25, 0.3) is 0 Å². The highest BCUT2D eigenvalue weighted by Gasteiger charge is 2.21. The summed E-state index contributed by atoms with van der Waals surface area (Å²) in [6.45, 7) is 4.93. The smallest absolute Gasteiger partial charge is 0.146 e. The number of halogens is 1. The highest BCUT2D eigenvalue weighted by atomic mass is 32.2. The van der Waals surface area contributed by atoms with Crippen LogP contribution in [-0.2, 0) is 0 Å². The zero-order valence-electron chi connectivity index (χ0n) is 10.3. The van der Waals surface area contributed by atoms with Crippen molar-refractivity contribution in [1.29, 1.82) is 0 Å². The summed E-state index contributed by atoms with van der Waals surface area (Å²) < 4.78 is 14.1. The summed E-state index contributed by atoms with van der Waals surface area (Å²) in [5.74, 6) is 1.98. The van der Waals surface area contributed by atoms with Crippen LogP contribution in [-0.4, -0.2) is 24.1 Å². The van der Waals surface area contributed by atoms with Gasteiger partial charge in [-0.25, -0.2) is 4.39 Å². The van der Waals surface area contributed by atoms with Crippen LogP contribution >= 0.6 is 11.8 Å². The number of anilines is 1. The molecule has 4 heteroatoms. The van der Waals surface area contributed by atoms with Crippen molar-refractivity contribution in [3.63, 3.8) is 0 Å². The van der Waals surface area contributed by atoms with E-state index >= 15 is 0 Å². The highest BCUT2D eigenvalue weighted by molar-refractivity contribution is 7.99. The second-order valence-corrected chi connectivity index (χ2v) is 5.77. The predicted octanol–water partition coefficient (Wildman–Crippen LogP) is 2.79. The van der Waals surface area contributed by atoms with Crippen molar-refractivity contribution in [2.75, 3.05) is 23.0 Å². The molecule has 1 heterocycles. The maximum Gasteiger partial charge on any atom is 0.146 e. The van der Waals surface area contributed by atoms with Gasteiger partial charge in [-0.1, -0.05) is 6.07 Å². The molecule has 0 amide bonds. The van der Waals surface area contributed by atoms with Gasteiger partial charge in [-0.15, -0.1) is 0 Å². The first-order chi connectivity index (χ1) is 8.09. The van der Waals surface area contributed by atoms with E-state index in [1.54, 1.807) is 6.07 Å². The fourth-order valence-electron chi connectivity index (χ4n) is 2.12. The van der Waals surface area contributed by atoms with Crippen LogP contribution in [0.2, 0.25) is 0 Å². The van der Waals surface area contributed by atoms with Crippen LogP contribution in [0.1, 0.15) is 25.5 Å². The van der Waals surface area contributed by atoms with Gasteiger partial charge in [0.2, 0.25) is 0 Å². The fraction of sp³-hybridized carbons (Fsp3) is 0.538. The summed E-state index contributed by atoms with van der Waals surface area (Å²) >= 11 is 1.93. The van der Waals surface area contributed by atoms with Gasteiger partial charge >= 0.3 is 0 Å². The number of hydrogen-bond acceptors (Lipinski definition) is 3. The summed E-state index contributed by atoms with van der Waals surface area (Å²) in [5.41, 5.74) is 7.32. The molecule has 2 nitrogen and oxygen atoms in total. The summed E-state index contributed by atoms with van der Waals surface area (Å²) in [6.07, 6.45) is 0. The Balaban J connectivity index is 2.26. The average Bonchev–Trinajstić information content (AvgIpc) is 2.30. The number of thioether (sulfide) groups is 1. The minimum absolute atomic E-state index is 0.118. The first-order valence-electron chi connectivity index (χ1n) is 5.99. The van der Waals surface area contributed by atoms with E-state index in [2.05, 4.69) is 11.8 Å². The molecule has 94 valence electrons. The lowest BCUT2D eigenvalue weighted by Gasteiger charge is -2.35. The molecule has 0 aromatic heterocycles. The maximum atomic E-state index is 14.1. The van der Waals surface area contributed by atoms with Gasteiger partial charge in [-0.3, -0.25) is 0 Å². The van der Waals surface area contributed by atoms with Gasteiger partial charge in [0.05, 0.1) is 5.69 Å². The van der Waals surface area contributed by atoms with Crippen molar-refractivity contribution in [2.45, 2.75) is 25.9 Å². The Labute approximate surface area is 106 Å². The van der Waals surface area contributed by atoms with E-state index in [1.807, 2.05) is 30.8 Å². The quantitative estimate of drug-likeness (QED) is 0.880. The van der Waals surface area contributed by atoms with Crippen LogP contribution in [0.4, 0.5) is 10.1 Å². The van der Waals surface area contributed by atoms with Gasteiger partial charge < -0.3 is 10.6 Å². The number of rotatable bonds is 2. The number of nitrogens with zero attached hydrogens (tertiary/aromatic N) is 1. The molecule has 0 spiro atoms. The minimum Gasteiger partial charge on any atom is -0.365 e. The molecular weight excluding hydrogens is 235 g/mol. The molecule has 2 N–H and O–H groups in total. The van der Waals surface area contributed by atoms with E-state index in [-0.39, 0.29) is 11.9 Å². The topological polar surface area (TPSA) is 29.3 Å². The van der Waals surface area contributed by atoms with E-state index in [4.69, 9.17) is 5.73 Å². The number of nitrogens with two attached hydrogens (primary N) is 1.